The van der Waals surface area contributed by atoms with Gasteiger partial charge in [-0.1, -0.05) is 35.3 Å². The molecule has 1 aliphatic heterocycles. The smallest absolute Gasteiger partial charge is 0.263 e. The number of anilines is 1. The maximum Gasteiger partial charge on any atom is 0.263 e. The van der Waals surface area contributed by atoms with Crippen LogP contribution in [-0.4, -0.2) is 58.0 Å². The quantitative estimate of drug-likeness (QED) is 0.626. The van der Waals surface area contributed by atoms with Gasteiger partial charge in [-0.05, 0) is 37.3 Å². The van der Waals surface area contributed by atoms with Gasteiger partial charge in [0.1, 0.15) is 17.4 Å². The van der Waals surface area contributed by atoms with Gasteiger partial charge < -0.3 is 15.4 Å². The van der Waals surface area contributed by atoms with Crippen molar-refractivity contribution in [1.29, 1.82) is 0 Å². The van der Waals surface area contributed by atoms with Crippen molar-refractivity contribution in [2.24, 2.45) is 0 Å². The van der Waals surface area contributed by atoms with Crippen molar-refractivity contribution in [2.75, 3.05) is 31.9 Å². The van der Waals surface area contributed by atoms with Crippen LogP contribution in [0.5, 0.6) is 5.75 Å². The lowest BCUT2D eigenvalue weighted by atomic mass is 10.2. The van der Waals surface area contributed by atoms with Gasteiger partial charge in [0.25, 0.3) is 5.91 Å². The topological polar surface area (TPSA) is 84.6 Å². The third-order valence-corrected chi connectivity index (χ3v) is 5.80. The molecule has 0 radical (unpaired) electrons. The fourth-order valence-electron chi connectivity index (χ4n) is 3.62. The summed E-state index contributed by atoms with van der Waals surface area (Å²) >= 11 is 12.1. The number of fused-ring (bicyclic) bond motifs is 1. The number of nitrogens with zero attached hydrogens (tertiary/aromatic N) is 4. The van der Waals surface area contributed by atoms with Crippen LogP contribution in [0.1, 0.15) is 12.7 Å². The number of aromatic nitrogens is 2. The number of piperazine rings is 1. The number of rotatable bonds is 5. The molecule has 0 unspecified atom stereocenters. The van der Waals surface area contributed by atoms with Gasteiger partial charge in [-0.2, -0.15) is 0 Å². The summed E-state index contributed by atoms with van der Waals surface area (Å²) in [7, 11) is 0. The number of para-hydroxylation sites is 1. The number of amides is 1. The van der Waals surface area contributed by atoms with E-state index in [-0.39, 0.29) is 5.91 Å². The third kappa shape index (κ3) is 5.01. The fourth-order valence-corrected chi connectivity index (χ4v) is 4.07. The molecule has 3 aromatic rings. The number of carbonyl (C=O) groups is 1. The molecule has 31 heavy (non-hydrogen) atoms. The Bertz CT molecular complexity index is 1100. The first-order valence-corrected chi connectivity index (χ1v) is 10.8. The van der Waals surface area contributed by atoms with Gasteiger partial charge >= 0.3 is 0 Å². The molecule has 0 bridgehead atoms. The number of benzene rings is 2. The molecule has 1 saturated heterocycles. The molecule has 0 saturated carbocycles. The summed E-state index contributed by atoms with van der Waals surface area (Å²) in [5.74, 6) is 1.54. The minimum Gasteiger partial charge on any atom is -0.479 e. The second kappa shape index (κ2) is 9.26. The maximum absolute atomic E-state index is 12.8. The first kappa shape index (κ1) is 21.6. The normalized spacial score (nSPS) is 15.8. The van der Waals surface area contributed by atoms with E-state index in [1.165, 1.54) is 0 Å². The molecular formula is C22H23Cl2N5O2. The van der Waals surface area contributed by atoms with Gasteiger partial charge in [0.2, 0.25) is 0 Å². The molecule has 0 aliphatic carbocycles. The number of hydrogen-bond donors (Lipinski definition) is 1. The predicted octanol–water partition coefficient (Wildman–Crippen LogP) is 3.63. The standard InChI is InChI=1S/C22H23Cl2N5O2/c1-14(31-19-7-6-15(23)12-17(19)24)22(30)29-10-8-28(9-11-29)13-20-26-18-5-3-2-4-16(18)21(25)27-20/h2-7,12,14H,8-11,13H2,1H3,(H2,25,26,27)/t14-/m1/s1. The van der Waals surface area contributed by atoms with Crippen molar-refractivity contribution in [1.82, 2.24) is 19.8 Å². The molecule has 1 atom stereocenters. The van der Waals surface area contributed by atoms with E-state index in [2.05, 4.69) is 14.9 Å². The van der Waals surface area contributed by atoms with Crippen molar-refractivity contribution >= 4 is 45.8 Å². The highest BCUT2D eigenvalue weighted by Gasteiger charge is 2.27. The number of nitrogen functional groups attached to an aromatic ring is 1. The van der Waals surface area contributed by atoms with E-state index >= 15 is 0 Å². The summed E-state index contributed by atoms with van der Waals surface area (Å²) < 4.78 is 5.76. The van der Waals surface area contributed by atoms with Crippen molar-refractivity contribution in [3.05, 3.63) is 58.3 Å². The SMILES string of the molecule is C[C@@H](Oc1ccc(Cl)cc1Cl)C(=O)N1CCN(Cc2nc(N)c3ccccc3n2)CC1. The van der Waals surface area contributed by atoms with Crippen molar-refractivity contribution < 1.29 is 9.53 Å². The summed E-state index contributed by atoms with van der Waals surface area (Å²) in [6.07, 6.45) is -0.645. The summed E-state index contributed by atoms with van der Waals surface area (Å²) in [5.41, 5.74) is 6.92. The molecule has 162 valence electrons. The Morgan fingerprint density at radius 3 is 2.61 bits per heavy atom. The monoisotopic (exact) mass is 459 g/mol. The van der Waals surface area contributed by atoms with Crippen LogP contribution in [-0.2, 0) is 11.3 Å². The van der Waals surface area contributed by atoms with Gasteiger partial charge in [0.15, 0.2) is 6.10 Å². The van der Waals surface area contributed by atoms with Crippen molar-refractivity contribution in [3.63, 3.8) is 0 Å². The lowest BCUT2D eigenvalue weighted by molar-refractivity contribution is -0.139. The van der Waals surface area contributed by atoms with Crippen molar-refractivity contribution in [3.8, 4) is 5.75 Å². The van der Waals surface area contributed by atoms with Crippen LogP contribution in [0.2, 0.25) is 10.0 Å². The van der Waals surface area contributed by atoms with Gasteiger partial charge in [0, 0.05) is 36.6 Å². The Morgan fingerprint density at radius 2 is 1.87 bits per heavy atom. The van der Waals surface area contributed by atoms with Crippen LogP contribution in [0, 0.1) is 0 Å². The van der Waals surface area contributed by atoms with E-state index in [4.69, 9.17) is 33.7 Å². The first-order valence-electron chi connectivity index (χ1n) is 10.0. The van der Waals surface area contributed by atoms with E-state index in [0.717, 1.165) is 24.0 Å². The lowest BCUT2D eigenvalue weighted by Crippen LogP contribution is -2.51. The number of halogens is 2. The van der Waals surface area contributed by atoms with Gasteiger partial charge in [-0.3, -0.25) is 9.69 Å². The highest BCUT2D eigenvalue weighted by atomic mass is 35.5. The minimum absolute atomic E-state index is 0.0723. The molecular weight excluding hydrogens is 437 g/mol. The molecule has 1 aromatic heterocycles. The van der Waals surface area contributed by atoms with Crippen LogP contribution < -0.4 is 10.5 Å². The molecule has 1 fully saturated rings. The molecule has 1 amide bonds. The maximum atomic E-state index is 12.8. The van der Waals surface area contributed by atoms with Crippen LogP contribution in [0.3, 0.4) is 0 Å². The molecule has 9 heteroatoms. The Hall–Kier alpha value is -2.61. The van der Waals surface area contributed by atoms with Crippen LogP contribution >= 0.6 is 23.2 Å². The zero-order valence-electron chi connectivity index (χ0n) is 17.1. The van der Waals surface area contributed by atoms with Gasteiger partial charge in [0.05, 0.1) is 17.1 Å². The van der Waals surface area contributed by atoms with Crippen LogP contribution in [0.25, 0.3) is 10.9 Å². The zero-order valence-corrected chi connectivity index (χ0v) is 18.6. The highest BCUT2D eigenvalue weighted by molar-refractivity contribution is 6.35. The second-order valence-corrected chi connectivity index (χ2v) is 8.32. The number of carbonyl (C=O) groups excluding carboxylic acids is 1. The molecule has 1 aliphatic rings. The van der Waals surface area contributed by atoms with Crippen LogP contribution in [0.4, 0.5) is 5.82 Å². The number of hydrogen-bond acceptors (Lipinski definition) is 6. The zero-order chi connectivity index (χ0) is 22.0. The summed E-state index contributed by atoms with van der Waals surface area (Å²) in [4.78, 5) is 25.9. The Labute approximate surface area is 190 Å². The largest absolute Gasteiger partial charge is 0.479 e. The van der Waals surface area contributed by atoms with Crippen LogP contribution in [0.15, 0.2) is 42.5 Å². The lowest BCUT2D eigenvalue weighted by Gasteiger charge is -2.35. The molecule has 2 heterocycles. The van der Waals surface area contributed by atoms with E-state index in [1.54, 1.807) is 30.0 Å². The van der Waals surface area contributed by atoms with E-state index in [1.807, 2.05) is 24.3 Å². The van der Waals surface area contributed by atoms with Gasteiger partial charge in [-0.15, -0.1) is 0 Å². The van der Waals surface area contributed by atoms with Crippen molar-refractivity contribution in [2.45, 2.75) is 19.6 Å². The van der Waals surface area contributed by atoms with E-state index in [0.29, 0.717) is 47.1 Å². The minimum atomic E-state index is -0.645. The Morgan fingerprint density at radius 1 is 1.13 bits per heavy atom. The van der Waals surface area contributed by atoms with E-state index < -0.39 is 6.10 Å². The first-order chi connectivity index (χ1) is 14.9. The molecule has 7 nitrogen and oxygen atoms in total. The Balaban J connectivity index is 1.33. The summed E-state index contributed by atoms with van der Waals surface area (Å²) in [6.45, 7) is 4.95. The molecule has 2 aromatic carbocycles. The average Bonchev–Trinajstić information content (AvgIpc) is 2.76. The summed E-state index contributed by atoms with van der Waals surface area (Å²) in [5, 5.41) is 1.76. The molecule has 0 spiro atoms. The summed E-state index contributed by atoms with van der Waals surface area (Å²) in [6, 6.07) is 12.6. The predicted molar refractivity (Wildman–Crippen MR) is 122 cm³/mol. The second-order valence-electron chi connectivity index (χ2n) is 7.48. The number of nitrogens with two attached hydrogens (primary N) is 1. The third-order valence-electron chi connectivity index (χ3n) is 5.27. The fraction of sp³-hybridized carbons (Fsp3) is 0.318. The molecule has 4 rings (SSSR count). The number of ether oxygens (including phenoxy) is 1. The average molecular weight is 460 g/mol. The van der Waals surface area contributed by atoms with E-state index in [9.17, 15) is 4.79 Å². The van der Waals surface area contributed by atoms with Gasteiger partial charge in [-0.25, -0.2) is 9.97 Å². The highest BCUT2D eigenvalue weighted by Crippen LogP contribution is 2.28. The Kier molecular flexibility index (Phi) is 6.46. The molecule has 2 N–H and O–H groups in total.